The maximum absolute atomic E-state index is 2.46. The third kappa shape index (κ3) is 4.29. The third-order valence-corrected chi connectivity index (χ3v) is 11.7. The van der Waals surface area contributed by atoms with Gasteiger partial charge in [0.2, 0.25) is 0 Å². The van der Waals surface area contributed by atoms with Gasteiger partial charge in [-0.2, -0.15) is 0 Å². The summed E-state index contributed by atoms with van der Waals surface area (Å²) >= 11 is 1.88. The lowest BCUT2D eigenvalue weighted by Crippen LogP contribution is -1.94. The van der Waals surface area contributed by atoms with E-state index in [0.29, 0.717) is 0 Å². The van der Waals surface area contributed by atoms with Gasteiger partial charge in [0.15, 0.2) is 0 Å². The van der Waals surface area contributed by atoms with Gasteiger partial charge in [0, 0.05) is 53.1 Å². The average Bonchev–Trinajstić information content (AvgIpc) is 3.85. The molecule has 2 nitrogen and oxygen atoms in total. The van der Waals surface area contributed by atoms with E-state index < -0.39 is 0 Å². The van der Waals surface area contributed by atoms with E-state index in [2.05, 4.69) is 191 Å². The zero-order valence-electron chi connectivity index (χ0n) is 27.6. The van der Waals surface area contributed by atoms with Crippen molar-refractivity contribution in [2.75, 3.05) is 0 Å². The molecular formula is C48H30N2S. The maximum Gasteiger partial charge on any atom is 0.0548 e. The first-order valence-electron chi connectivity index (χ1n) is 17.4. The predicted octanol–water partition coefficient (Wildman–Crippen LogP) is 13.6. The highest BCUT2D eigenvalue weighted by Gasteiger charge is 2.19. The molecule has 0 amide bonds. The van der Waals surface area contributed by atoms with Crippen LogP contribution in [0.15, 0.2) is 182 Å². The topological polar surface area (TPSA) is 9.86 Å². The summed E-state index contributed by atoms with van der Waals surface area (Å²) in [5.41, 5.74) is 12.1. The summed E-state index contributed by atoms with van der Waals surface area (Å²) in [4.78, 5) is 0. The van der Waals surface area contributed by atoms with Crippen molar-refractivity contribution in [3.63, 3.8) is 0 Å². The fourth-order valence-electron chi connectivity index (χ4n) is 8.19. The summed E-state index contributed by atoms with van der Waals surface area (Å²) in [6, 6.07) is 66.6. The molecule has 3 heteroatoms. The minimum Gasteiger partial charge on any atom is -0.309 e. The second-order valence-corrected chi connectivity index (χ2v) is 14.4. The van der Waals surface area contributed by atoms with Crippen LogP contribution in [0.5, 0.6) is 0 Å². The SMILES string of the molecule is c1ccc(-c2ccc3c(c2)c2cc4c(cc2n3-c2ccc(-c3cccc5c3sc3ccccc35)cc2)c2ccccc2n4-c2ccccc2)cc1. The molecule has 0 radical (unpaired) electrons. The molecule has 0 aliphatic heterocycles. The van der Waals surface area contributed by atoms with Crippen molar-refractivity contribution in [1.29, 1.82) is 0 Å². The number of benzene rings is 8. The molecule has 0 bridgehead atoms. The van der Waals surface area contributed by atoms with Crippen LogP contribution in [0.25, 0.3) is 97.4 Å². The predicted molar refractivity (Wildman–Crippen MR) is 219 cm³/mol. The molecule has 0 aliphatic rings. The fourth-order valence-corrected chi connectivity index (χ4v) is 9.43. The van der Waals surface area contributed by atoms with Crippen LogP contribution in [-0.4, -0.2) is 9.13 Å². The van der Waals surface area contributed by atoms with E-state index in [1.54, 1.807) is 0 Å². The minimum absolute atomic E-state index is 1.15. The van der Waals surface area contributed by atoms with Crippen molar-refractivity contribution in [2.24, 2.45) is 0 Å². The number of rotatable bonds is 4. The standard InChI is InChI=1S/C48H30N2S/c1-3-12-31(13-4-1)33-24-27-44-40(28-33)42-30-45-41(37-16-7-9-20-43(37)49(45)34-14-5-2-6-15-34)29-46(42)50(44)35-25-22-32(23-26-35)36-18-11-19-39-38-17-8-10-21-47(38)51-48(36)39/h1-30H. The van der Waals surface area contributed by atoms with Crippen LogP contribution in [0.2, 0.25) is 0 Å². The fraction of sp³-hybridized carbons (Fsp3) is 0. The van der Waals surface area contributed by atoms with Crippen molar-refractivity contribution in [3.05, 3.63) is 182 Å². The third-order valence-electron chi connectivity index (χ3n) is 10.5. The van der Waals surface area contributed by atoms with Gasteiger partial charge in [0.05, 0.1) is 22.1 Å². The molecule has 0 spiro atoms. The zero-order valence-corrected chi connectivity index (χ0v) is 28.4. The van der Waals surface area contributed by atoms with Crippen LogP contribution in [0.3, 0.4) is 0 Å². The quantitative estimate of drug-likeness (QED) is 0.177. The highest BCUT2D eigenvalue weighted by atomic mass is 32.1. The van der Waals surface area contributed by atoms with E-state index >= 15 is 0 Å². The van der Waals surface area contributed by atoms with Crippen LogP contribution >= 0.6 is 11.3 Å². The monoisotopic (exact) mass is 666 g/mol. The van der Waals surface area contributed by atoms with Gasteiger partial charge in [-0.3, -0.25) is 0 Å². The summed E-state index contributed by atoms with van der Waals surface area (Å²) in [5.74, 6) is 0. The van der Waals surface area contributed by atoms with Gasteiger partial charge in [-0.15, -0.1) is 11.3 Å². The van der Waals surface area contributed by atoms with Gasteiger partial charge >= 0.3 is 0 Å². The lowest BCUT2D eigenvalue weighted by molar-refractivity contribution is 1.17. The largest absolute Gasteiger partial charge is 0.309 e. The van der Waals surface area contributed by atoms with Crippen molar-refractivity contribution in [1.82, 2.24) is 9.13 Å². The Hall–Kier alpha value is -6.42. The second kappa shape index (κ2) is 11.0. The molecule has 11 aromatic rings. The van der Waals surface area contributed by atoms with E-state index in [1.807, 2.05) is 11.3 Å². The summed E-state index contributed by atoms with van der Waals surface area (Å²) in [5, 5.41) is 7.66. The highest BCUT2D eigenvalue weighted by Crippen LogP contribution is 2.42. The molecule has 3 aromatic heterocycles. The molecule has 0 fully saturated rings. The number of para-hydroxylation sites is 2. The van der Waals surface area contributed by atoms with Gasteiger partial charge in [0.1, 0.15) is 0 Å². The highest BCUT2D eigenvalue weighted by molar-refractivity contribution is 7.26. The lowest BCUT2D eigenvalue weighted by Gasteiger charge is -2.11. The summed E-state index contributed by atoms with van der Waals surface area (Å²) in [6.07, 6.45) is 0. The molecule has 11 rings (SSSR count). The molecule has 0 aliphatic carbocycles. The number of nitrogens with zero attached hydrogens (tertiary/aromatic N) is 2. The van der Waals surface area contributed by atoms with Gasteiger partial charge in [-0.1, -0.05) is 121 Å². The Morgan fingerprint density at radius 3 is 1.67 bits per heavy atom. The number of fused-ring (bicyclic) bond motifs is 9. The first kappa shape index (κ1) is 28.4. The van der Waals surface area contributed by atoms with Crippen molar-refractivity contribution in [2.45, 2.75) is 0 Å². The van der Waals surface area contributed by atoms with Crippen LogP contribution in [0.1, 0.15) is 0 Å². The lowest BCUT2D eigenvalue weighted by atomic mass is 10.0. The Bertz CT molecular complexity index is 3110. The molecule has 0 N–H and O–H groups in total. The van der Waals surface area contributed by atoms with Gasteiger partial charge in [0.25, 0.3) is 0 Å². The minimum atomic E-state index is 1.15. The molecule has 238 valence electrons. The van der Waals surface area contributed by atoms with E-state index in [1.165, 1.54) is 91.7 Å². The van der Waals surface area contributed by atoms with Crippen LogP contribution < -0.4 is 0 Å². The summed E-state index contributed by atoms with van der Waals surface area (Å²) in [6.45, 7) is 0. The van der Waals surface area contributed by atoms with Crippen molar-refractivity contribution in [3.8, 4) is 33.6 Å². The second-order valence-electron chi connectivity index (χ2n) is 13.3. The van der Waals surface area contributed by atoms with Crippen molar-refractivity contribution >= 4 is 75.1 Å². The van der Waals surface area contributed by atoms with Gasteiger partial charge in [-0.05, 0) is 82.9 Å². The van der Waals surface area contributed by atoms with E-state index in [4.69, 9.17) is 0 Å². The molecule has 0 unspecified atom stereocenters. The van der Waals surface area contributed by atoms with Gasteiger partial charge < -0.3 is 9.13 Å². The first-order valence-corrected chi connectivity index (χ1v) is 18.3. The van der Waals surface area contributed by atoms with E-state index in [-0.39, 0.29) is 0 Å². The number of aromatic nitrogens is 2. The number of hydrogen-bond acceptors (Lipinski definition) is 1. The summed E-state index contributed by atoms with van der Waals surface area (Å²) in [7, 11) is 0. The van der Waals surface area contributed by atoms with E-state index in [9.17, 15) is 0 Å². The van der Waals surface area contributed by atoms with Crippen LogP contribution in [0, 0.1) is 0 Å². The molecular weight excluding hydrogens is 637 g/mol. The molecule has 51 heavy (non-hydrogen) atoms. The molecule has 0 atom stereocenters. The van der Waals surface area contributed by atoms with E-state index in [0.717, 1.165) is 5.69 Å². The summed E-state index contributed by atoms with van der Waals surface area (Å²) < 4.78 is 7.54. The Morgan fingerprint density at radius 2 is 0.882 bits per heavy atom. The average molecular weight is 667 g/mol. The normalized spacial score (nSPS) is 11.9. The number of thiophene rings is 1. The Labute approximate surface area is 298 Å². The van der Waals surface area contributed by atoms with Crippen molar-refractivity contribution < 1.29 is 0 Å². The van der Waals surface area contributed by atoms with Crippen LogP contribution in [0.4, 0.5) is 0 Å². The first-order chi connectivity index (χ1) is 25.3. The smallest absolute Gasteiger partial charge is 0.0548 e. The Kier molecular flexibility index (Phi) is 6.16. The zero-order chi connectivity index (χ0) is 33.5. The molecule has 0 saturated carbocycles. The van der Waals surface area contributed by atoms with Gasteiger partial charge in [-0.25, -0.2) is 0 Å². The Balaban J connectivity index is 1.17. The number of hydrogen-bond donors (Lipinski definition) is 0. The Morgan fingerprint density at radius 1 is 0.314 bits per heavy atom. The molecule has 0 saturated heterocycles. The van der Waals surface area contributed by atoms with Crippen LogP contribution in [-0.2, 0) is 0 Å². The molecule has 8 aromatic carbocycles. The molecule has 3 heterocycles. The maximum atomic E-state index is 2.46.